The number of aromatic nitrogens is 5. The minimum atomic E-state index is -1.41. The van der Waals surface area contributed by atoms with Gasteiger partial charge < -0.3 is 14.7 Å². The van der Waals surface area contributed by atoms with Crippen molar-refractivity contribution in [1.82, 2.24) is 29.0 Å². The van der Waals surface area contributed by atoms with Gasteiger partial charge >= 0.3 is 5.69 Å². The smallest absolute Gasteiger partial charge is 0.333 e. The van der Waals surface area contributed by atoms with Crippen molar-refractivity contribution in [2.45, 2.75) is 59.0 Å². The Labute approximate surface area is 240 Å². The molecule has 5 rings (SSSR count). The lowest BCUT2D eigenvalue weighted by Gasteiger charge is -2.31. The molecule has 0 spiro atoms. The maximum Gasteiger partial charge on any atom is 0.333 e. The maximum absolute atomic E-state index is 14.0. The van der Waals surface area contributed by atoms with Crippen LogP contribution in [0, 0.1) is 12.7 Å². The summed E-state index contributed by atoms with van der Waals surface area (Å²) in [5, 5.41) is 16.9. The topological polar surface area (TPSA) is 124 Å². The van der Waals surface area contributed by atoms with Crippen molar-refractivity contribution in [3.8, 4) is 10.8 Å². The average molecular weight is 587 g/mol. The van der Waals surface area contributed by atoms with Crippen LogP contribution in [0.25, 0.3) is 15.2 Å². The first-order chi connectivity index (χ1) is 19.6. The van der Waals surface area contributed by atoms with Crippen molar-refractivity contribution < 1.29 is 19.0 Å². The highest BCUT2D eigenvalue weighted by molar-refractivity contribution is 7.21. The van der Waals surface area contributed by atoms with E-state index in [4.69, 9.17) is 9.84 Å². The van der Waals surface area contributed by atoms with Gasteiger partial charge in [-0.05, 0) is 70.7 Å². The molecule has 0 unspecified atom stereocenters. The molecule has 4 aromatic rings. The zero-order chi connectivity index (χ0) is 29.9. The Morgan fingerprint density at radius 2 is 1.80 bits per heavy atom. The summed E-state index contributed by atoms with van der Waals surface area (Å²) in [5.41, 5.74) is -1.35. The van der Waals surface area contributed by atoms with Crippen LogP contribution in [-0.2, 0) is 23.3 Å². The molecule has 3 aromatic heterocycles. The molecule has 41 heavy (non-hydrogen) atoms. The van der Waals surface area contributed by atoms with Crippen LogP contribution >= 0.6 is 11.3 Å². The largest absolute Gasteiger partial charge is 0.496 e. The van der Waals surface area contributed by atoms with Crippen LogP contribution in [-0.4, -0.2) is 66.8 Å². The molecule has 220 valence electrons. The Balaban J connectivity index is 0.00000124. The van der Waals surface area contributed by atoms with Gasteiger partial charge in [-0.15, -0.1) is 4.80 Å². The minimum Gasteiger partial charge on any atom is -0.496 e. The Bertz CT molecular complexity index is 1650. The number of hydrogen-bond acceptors (Lipinski definition) is 8. The van der Waals surface area contributed by atoms with Gasteiger partial charge in [-0.25, -0.2) is 13.8 Å². The molecule has 0 saturated carbocycles. The molecular weight excluding hydrogens is 551 g/mol. The van der Waals surface area contributed by atoms with Gasteiger partial charge in [-0.2, -0.15) is 10.2 Å². The second-order valence-corrected chi connectivity index (χ2v) is 11.2. The highest BCUT2D eigenvalue weighted by Gasteiger charge is 2.39. The van der Waals surface area contributed by atoms with Crippen LogP contribution in [0.5, 0.6) is 5.75 Å². The molecule has 1 fully saturated rings. The summed E-state index contributed by atoms with van der Waals surface area (Å²) in [6.45, 7) is 8.26. The summed E-state index contributed by atoms with van der Waals surface area (Å²) in [4.78, 5) is 45.1. The van der Waals surface area contributed by atoms with E-state index < -0.39 is 22.6 Å². The molecule has 13 heteroatoms. The van der Waals surface area contributed by atoms with E-state index in [1.54, 1.807) is 38.7 Å². The van der Waals surface area contributed by atoms with E-state index in [0.29, 0.717) is 45.2 Å². The number of amides is 1. The maximum atomic E-state index is 14.0. The lowest BCUT2D eigenvalue weighted by Crippen LogP contribution is -2.56. The number of aryl methyl sites for hydroxylation is 3. The van der Waals surface area contributed by atoms with E-state index in [1.165, 1.54) is 52.3 Å². The summed E-state index contributed by atoms with van der Waals surface area (Å²) in [6.07, 6.45) is 5.10. The Kier molecular flexibility index (Phi) is 9.08. The number of rotatable bonds is 7. The molecule has 1 amide bonds. The van der Waals surface area contributed by atoms with E-state index in [1.807, 2.05) is 0 Å². The van der Waals surface area contributed by atoms with Crippen molar-refractivity contribution >= 4 is 27.5 Å². The number of carbonyl (C=O) groups is 1. The zero-order valence-electron chi connectivity index (χ0n) is 23.9. The van der Waals surface area contributed by atoms with E-state index in [9.17, 15) is 18.8 Å². The predicted molar refractivity (Wildman–Crippen MR) is 155 cm³/mol. The van der Waals surface area contributed by atoms with Crippen LogP contribution < -0.4 is 16.0 Å². The van der Waals surface area contributed by atoms with Crippen LogP contribution in [0.4, 0.5) is 4.39 Å². The number of nitrogens with zero attached hydrogens (tertiary/aromatic N) is 6. The summed E-state index contributed by atoms with van der Waals surface area (Å²) in [5.74, 6) is -0.189. The molecular formula is C28H35FN6O5S. The van der Waals surface area contributed by atoms with Crippen LogP contribution in [0.2, 0.25) is 0 Å². The van der Waals surface area contributed by atoms with Crippen LogP contribution in [0.1, 0.15) is 44.7 Å². The molecule has 11 nitrogen and oxygen atoms in total. The fourth-order valence-electron chi connectivity index (χ4n) is 5.11. The van der Waals surface area contributed by atoms with Gasteiger partial charge in [0.1, 0.15) is 26.9 Å². The highest BCUT2D eigenvalue weighted by Crippen LogP contribution is 2.31. The molecule has 1 aliphatic heterocycles. The van der Waals surface area contributed by atoms with Gasteiger partial charge in [0.25, 0.3) is 5.56 Å². The number of carbonyl (C=O) groups excluding carboxylic acids is 1. The van der Waals surface area contributed by atoms with E-state index >= 15 is 0 Å². The van der Waals surface area contributed by atoms with Crippen molar-refractivity contribution in [1.29, 1.82) is 0 Å². The second kappa shape index (κ2) is 12.4. The van der Waals surface area contributed by atoms with E-state index in [-0.39, 0.29) is 25.5 Å². The standard InChI is InChI=1S/C26H29FN6O4S.C2H6O/c1-16-20-21(34)32(26(2,3)24(35)30-12-5-6-13-30)25(36)31(23(20)38-22(16)33-28-10-11-29-33)14-9-17-15-18(27)7-8-19(17)37-4;1-2-3/h7-8,10-11,15H,5-6,9,12-14H2,1-4H3;3H,2H2,1H3. The normalized spacial score (nSPS) is 13.4. The quantitative estimate of drug-likeness (QED) is 0.353. The Morgan fingerprint density at radius 3 is 2.41 bits per heavy atom. The SMILES string of the molecule is CCO.COc1ccc(F)cc1CCn1c(=O)n(C(C)(C)C(=O)N2CCCC2)c(=O)c2c(C)c(-n3nccn3)sc21. The van der Waals surface area contributed by atoms with E-state index in [2.05, 4.69) is 10.2 Å². The van der Waals surface area contributed by atoms with E-state index in [0.717, 1.165) is 17.4 Å². The predicted octanol–water partition coefficient (Wildman–Crippen LogP) is 2.86. The molecule has 0 atom stereocenters. The lowest BCUT2D eigenvalue weighted by molar-refractivity contribution is -0.138. The number of benzene rings is 1. The average Bonchev–Trinajstić information content (AvgIpc) is 3.71. The molecule has 0 radical (unpaired) electrons. The number of aliphatic hydroxyl groups excluding tert-OH is 1. The Morgan fingerprint density at radius 1 is 1.17 bits per heavy atom. The summed E-state index contributed by atoms with van der Waals surface area (Å²) < 4.78 is 22.0. The van der Waals surface area contributed by atoms with Crippen molar-refractivity contribution in [2.24, 2.45) is 0 Å². The number of hydrogen-bond donors (Lipinski definition) is 1. The first-order valence-electron chi connectivity index (χ1n) is 13.5. The Hall–Kier alpha value is -3.84. The third kappa shape index (κ3) is 5.68. The molecule has 4 heterocycles. The zero-order valence-corrected chi connectivity index (χ0v) is 24.7. The van der Waals surface area contributed by atoms with Crippen LogP contribution in [0.3, 0.4) is 0 Å². The van der Waals surface area contributed by atoms with Crippen LogP contribution in [0.15, 0.2) is 40.2 Å². The van der Waals surface area contributed by atoms with Crippen molar-refractivity contribution in [3.05, 3.63) is 68.4 Å². The lowest BCUT2D eigenvalue weighted by atomic mass is 10.0. The third-order valence-corrected chi connectivity index (χ3v) is 8.39. The highest BCUT2D eigenvalue weighted by atomic mass is 32.1. The van der Waals surface area contributed by atoms with Gasteiger partial charge in [-0.1, -0.05) is 11.3 Å². The number of fused-ring (bicyclic) bond motifs is 1. The van der Waals surface area contributed by atoms with Gasteiger partial charge in [0.15, 0.2) is 0 Å². The number of methoxy groups -OCH3 is 1. The number of thiophene rings is 1. The number of halogens is 1. The second-order valence-electron chi connectivity index (χ2n) is 10.2. The van der Waals surface area contributed by atoms with Gasteiger partial charge in [0.05, 0.1) is 24.9 Å². The molecule has 1 N–H and O–H groups in total. The minimum absolute atomic E-state index is 0.134. The summed E-state index contributed by atoms with van der Waals surface area (Å²) in [6, 6.07) is 4.22. The number of ether oxygens (including phenoxy) is 1. The van der Waals surface area contributed by atoms with Gasteiger partial charge in [-0.3, -0.25) is 14.2 Å². The van der Waals surface area contributed by atoms with Gasteiger partial charge in [0, 0.05) is 31.8 Å². The fourth-order valence-corrected chi connectivity index (χ4v) is 6.35. The third-order valence-electron chi connectivity index (χ3n) is 7.11. The first kappa shape index (κ1) is 30.1. The molecule has 1 saturated heterocycles. The van der Waals surface area contributed by atoms with Crippen molar-refractivity contribution in [2.75, 3.05) is 26.8 Å². The van der Waals surface area contributed by atoms with Crippen molar-refractivity contribution in [3.63, 3.8) is 0 Å². The monoisotopic (exact) mass is 586 g/mol. The first-order valence-corrected chi connectivity index (χ1v) is 14.3. The van der Waals surface area contributed by atoms with Gasteiger partial charge in [0.2, 0.25) is 5.91 Å². The molecule has 1 aromatic carbocycles. The summed E-state index contributed by atoms with van der Waals surface area (Å²) >= 11 is 1.22. The molecule has 0 aliphatic carbocycles. The summed E-state index contributed by atoms with van der Waals surface area (Å²) in [7, 11) is 1.50. The fraction of sp³-hybridized carbons (Fsp3) is 0.464. The number of likely N-dealkylation sites (tertiary alicyclic amines) is 1. The molecule has 1 aliphatic rings. The number of aliphatic hydroxyl groups is 1. The molecule has 0 bridgehead atoms.